The Labute approximate surface area is 197 Å². The van der Waals surface area contributed by atoms with Gasteiger partial charge in [-0.1, -0.05) is 20.3 Å². The molecule has 14 nitrogen and oxygen atoms in total. The van der Waals surface area contributed by atoms with E-state index in [0.29, 0.717) is 25.8 Å². The summed E-state index contributed by atoms with van der Waals surface area (Å²) in [5.74, 6) is -6.73. The Bertz CT molecular complexity index is 747. The summed E-state index contributed by atoms with van der Waals surface area (Å²) in [5.41, 5.74) is 15.9. The molecule has 34 heavy (non-hydrogen) atoms. The minimum absolute atomic E-state index is 0.134. The predicted molar refractivity (Wildman–Crippen MR) is 120 cm³/mol. The van der Waals surface area contributed by atoms with Gasteiger partial charge in [0.15, 0.2) is 0 Å². The van der Waals surface area contributed by atoms with Crippen LogP contribution in [0, 0.1) is 5.92 Å². The van der Waals surface area contributed by atoms with Crippen molar-refractivity contribution in [1.82, 2.24) is 16.0 Å². The van der Waals surface area contributed by atoms with Crippen molar-refractivity contribution in [3.63, 3.8) is 0 Å². The van der Waals surface area contributed by atoms with Crippen LogP contribution in [0.3, 0.4) is 0 Å². The molecule has 0 aromatic rings. The fraction of sp³-hybridized carbons (Fsp3) is 0.700. The van der Waals surface area contributed by atoms with E-state index in [2.05, 4.69) is 16.0 Å². The van der Waals surface area contributed by atoms with Crippen molar-refractivity contribution in [2.24, 2.45) is 23.1 Å². The van der Waals surface area contributed by atoms with Crippen LogP contribution in [0.4, 0.5) is 0 Å². The van der Waals surface area contributed by atoms with Gasteiger partial charge in [0, 0.05) is 0 Å². The summed E-state index contributed by atoms with van der Waals surface area (Å²) in [6.45, 7) is 3.75. The molecule has 0 heterocycles. The minimum atomic E-state index is -1.61. The summed E-state index contributed by atoms with van der Waals surface area (Å²) in [6, 6.07) is -5.42. The van der Waals surface area contributed by atoms with E-state index in [9.17, 15) is 33.9 Å². The van der Waals surface area contributed by atoms with Crippen LogP contribution >= 0.6 is 0 Å². The third kappa shape index (κ3) is 11.6. The molecular weight excluding hydrogens is 452 g/mol. The Morgan fingerprint density at radius 3 is 1.91 bits per heavy atom. The zero-order valence-corrected chi connectivity index (χ0v) is 19.4. The molecule has 0 aromatic heterocycles. The molecule has 11 N–H and O–H groups in total. The lowest BCUT2D eigenvalue weighted by atomic mass is 9.97. The Morgan fingerprint density at radius 1 is 0.853 bits per heavy atom. The van der Waals surface area contributed by atoms with E-state index in [0.717, 1.165) is 0 Å². The zero-order valence-electron chi connectivity index (χ0n) is 19.4. The van der Waals surface area contributed by atoms with E-state index in [1.54, 1.807) is 13.8 Å². The fourth-order valence-corrected chi connectivity index (χ4v) is 2.94. The second-order valence-corrected chi connectivity index (χ2v) is 7.99. The molecule has 0 aromatic carbocycles. The van der Waals surface area contributed by atoms with Gasteiger partial charge < -0.3 is 43.4 Å². The van der Waals surface area contributed by atoms with Gasteiger partial charge in [-0.3, -0.25) is 24.0 Å². The average molecular weight is 489 g/mol. The maximum Gasteiger partial charge on any atom is 0.326 e. The van der Waals surface area contributed by atoms with E-state index >= 15 is 0 Å². The van der Waals surface area contributed by atoms with Gasteiger partial charge in [-0.15, -0.1) is 0 Å². The van der Waals surface area contributed by atoms with Crippen molar-refractivity contribution in [2.75, 3.05) is 6.54 Å². The summed E-state index contributed by atoms with van der Waals surface area (Å²) in [4.78, 5) is 71.5. The highest BCUT2D eigenvalue weighted by molar-refractivity contribution is 5.96. The molecule has 0 saturated heterocycles. The highest BCUT2D eigenvalue weighted by Gasteiger charge is 2.33. The maximum atomic E-state index is 12.8. The smallest absolute Gasteiger partial charge is 0.326 e. The SMILES string of the molecule is CCC(C)C(NC(=O)C(CC(=O)O)NC(=O)C(N)CC(N)=O)C(=O)NC(CCCCN)C(=O)O. The molecule has 0 saturated carbocycles. The second kappa shape index (κ2) is 15.6. The van der Waals surface area contributed by atoms with Crippen LogP contribution in [0.15, 0.2) is 0 Å². The van der Waals surface area contributed by atoms with Gasteiger partial charge >= 0.3 is 11.9 Å². The van der Waals surface area contributed by atoms with Gasteiger partial charge in [-0.2, -0.15) is 0 Å². The highest BCUT2D eigenvalue weighted by Crippen LogP contribution is 2.11. The minimum Gasteiger partial charge on any atom is -0.481 e. The van der Waals surface area contributed by atoms with Crippen LogP contribution in [0.1, 0.15) is 52.4 Å². The summed E-state index contributed by atoms with van der Waals surface area (Å²) in [6.07, 6.45) is 0.238. The number of carbonyl (C=O) groups is 6. The van der Waals surface area contributed by atoms with Gasteiger partial charge in [-0.25, -0.2) is 4.79 Å². The third-order valence-corrected chi connectivity index (χ3v) is 5.12. The average Bonchev–Trinajstić information content (AvgIpc) is 2.74. The second-order valence-electron chi connectivity index (χ2n) is 7.99. The van der Waals surface area contributed by atoms with Crippen molar-refractivity contribution in [3.05, 3.63) is 0 Å². The van der Waals surface area contributed by atoms with Crippen molar-refractivity contribution >= 4 is 35.6 Å². The van der Waals surface area contributed by atoms with Crippen LogP contribution in [0.25, 0.3) is 0 Å². The molecule has 0 fully saturated rings. The Morgan fingerprint density at radius 2 is 1.44 bits per heavy atom. The van der Waals surface area contributed by atoms with Gasteiger partial charge in [0.25, 0.3) is 0 Å². The molecule has 0 bridgehead atoms. The van der Waals surface area contributed by atoms with Gasteiger partial charge in [0.2, 0.25) is 23.6 Å². The lowest BCUT2D eigenvalue weighted by molar-refractivity contribution is -0.143. The van der Waals surface area contributed by atoms with Crippen LogP contribution in [-0.4, -0.2) is 76.5 Å². The summed E-state index contributed by atoms with van der Waals surface area (Å²) in [5, 5.41) is 25.4. The number of rotatable bonds is 17. The standard InChI is InChI=1S/C20H36N6O8/c1-3-10(2)16(19(32)24-12(20(33)34)6-4-5-7-21)26-18(31)13(9-15(28)29)25-17(30)11(22)8-14(23)27/h10-13,16H,3-9,21-22H2,1-2H3,(H2,23,27)(H,24,32)(H,25,30)(H,26,31)(H,28,29)(H,33,34). The number of nitrogens with one attached hydrogen (secondary N) is 3. The predicted octanol–water partition coefficient (Wildman–Crippen LogP) is -2.62. The Hall–Kier alpha value is -3.26. The van der Waals surface area contributed by atoms with E-state index in [4.69, 9.17) is 22.3 Å². The zero-order chi connectivity index (χ0) is 26.4. The molecular formula is C20H36N6O8. The van der Waals surface area contributed by atoms with Gasteiger partial charge in [0.05, 0.1) is 18.9 Å². The lowest BCUT2D eigenvalue weighted by Gasteiger charge is -2.27. The highest BCUT2D eigenvalue weighted by atomic mass is 16.4. The molecule has 0 aliphatic carbocycles. The van der Waals surface area contributed by atoms with E-state index in [1.165, 1.54) is 0 Å². The van der Waals surface area contributed by atoms with Crippen molar-refractivity contribution in [2.45, 2.75) is 76.5 Å². The Balaban J connectivity index is 5.53. The molecule has 4 amide bonds. The normalized spacial score (nSPS) is 15.2. The first-order valence-corrected chi connectivity index (χ1v) is 10.9. The number of primary amides is 1. The monoisotopic (exact) mass is 488 g/mol. The van der Waals surface area contributed by atoms with Crippen LogP contribution in [0.2, 0.25) is 0 Å². The van der Waals surface area contributed by atoms with Crippen LogP contribution in [0.5, 0.6) is 0 Å². The molecule has 5 unspecified atom stereocenters. The molecule has 5 atom stereocenters. The summed E-state index contributed by atoms with van der Waals surface area (Å²) >= 11 is 0. The summed E-state index contributed by atoms with van der Waals surface area (Å²) in [7, 11) is 0. The number of aliphatic carboxylic acids is 2. The topological polar surface area (TPSA) is 257 Å². The van der Waals surface area contributed by atoms with E-state index in [1.807, 2.05) is 0 Å². The fourth-order valence-electron chi connectivity index (χ4n) is 2.94. The van der Waals surface area contributed by atoms with Crippen LogP contribution in [-0.2, 0) is 28.8 Å². The number of carbonyl (C=O) groups excluding carboxylic acids is 4. The molecule has 194 valence electrons. The number of hydrogen-bond acceptors (Lipinski definition) is 8. The van der Waals surface area contributed by atoms with Crippen molar-refractivity contribution < 1.29 is 39.0 Å². The largest absolute Gasteiger partial charge is 0.481 e. The number of unbranched alkanes of at least 4 members (excludes halogenated alkanes) is 1. The first kappa shape index (κ1) is 30.7. The quantitative estimate of drug-likeness (QED) is 0.0988. The van der Waals surface area contributed by atoms with Gasteiger partial charge in [-0.05, 0) is 31.7 Å². The molecule has 0 radical (unpaired) electrons. The van der Waals surface area contributed by atoms with E-state index < -0.39 is 78.5 Å². The lowest BCUT2D eigenvalue weighted by Crippen LogP contribution is -2.59. The number of carboxylic acids is 2. The molecule has 0 aliphatic heterocycles. The number of amides is 4. The molecule has 0 aliphatic rings. The molecule has 0 spiro atoms. The first-order valence-electron chi connectivity index (χ1n) is 10.9. The first-order chi connectivity index (χ1) is 15.8. The Kier molecular flexibility index (Phi) is 14.1. The van der Waals surface area contributed by atoms with Gasteiger partial charge in [0.1, 0.15) is 18.1 Å². The van der Waals surface area contributed by atoms with Crippen LogP contribution < -0.4 is 33.2 Å². The van der Waals surface area contributed by atoms with Crippen molar-refractivity contribution in [3.8, 4) is 0 Å². The number of nitrogens with two attached hydrogens (primary N) is 3. The van der Waals surface area contributed by atoms with E-state index in [-0.39, 0.29) is 6.42 Å². The summed E-state index contributed by atoms with van der Waals surface area (Å²) < 4.78 is 0. The number of hydrogen-bond donors (Lipinski definition) is 8. The maximum absolute atomic E-state index is 12.8. The third-order valence-electron chi connectivity index (χ3n) is 5.12. The number of carboxylic acid groups (broad SMARTS) is 2. The van der Waals surface area contributed by atoms with Crippen molar-refractivity contribution in [1.29, 1.82) is 0 Å². The molecule has 0 rings (SSSR count). The molecule has 14 heteroatoms.